The van der Waals surface area contributed by atoms with Crippen LogP contribution in [0.5, 0.6) is 0 Å². The number of hydrogen-bond acceptors (Lipinski definition) is 1. The maximum atomic E-state index is 13.7. The summed E-state index contributed by atoms with van der Waals surface area (Å²) in [6, 6.07) is 9.53. The van der Waals surface area contributed by atoms with Crippen molar-refractivity contribution in [3.8, 4) is 5.69 Å². The molecule has 96 valence electrons. The van der Waals surface area contributed by atoms with Crippen molar-refractivity contribution in [2.45, 2.75) is 0 Å². The third-order valence-corrected chi connectivity index (χ3v) is 4.97. The molecular weight excluding hydrogens is 322 g/mol. The molecule has 0 saturated heterocycles. The molecule has 0 saturated carbocycles. The van der Waals surface area contributed by atoms with Crippen molar-refractivity contribution in [3.05, 3.63) is 64.2 Å². The second-order valence-electron chi connectivity index (χ2n) is 3.89. The molecule has 0 atom stereocenters. The molecule has 0 aliphatic carbocycles. The fraction of sp³-hybridized carbons (Fsp3) is 0. The van der Waals surface area contributed by atoms with Crippen LogP contribution in [0.4, 0.5) is 13.2 Å². The summed E-state index contributed by atoms with van der Waals surface area (Å²) in [5.74, 6) is -4.26. The molecule has 0 N–H and O–H groups in total. The number of nitrogens with zero attached hydrogens (tertiary/aromatic N) is 1. The standard InChI is InChI=1S/C13H6F3NOSe/c14-8-6-9-10(12(16)11(8)15)13(18)17(19-9)7-4-2-1-3-5-7/h1-6H. The van der Waals surface area contributed by atoms with Gasteiger partial charge in [-0.05, 0) is 0 Å². The molecule has 0 aliphatic rings. The Bertz CT molecular complexity index is 823. The Hall–Kier alpha value is -1.78. The third kappa shape index (κ3) is 1.84. The summed E-state index contributed by atoms with van der Waals surface area (Å²) in [6.45, 7) is 0. The number of hydrogen-bond donors (Lipinski definition) is 0. The Kier molecular flexibility index (Phi) is 2.84. The van der Waals surface area contributed by atoms with Crippen molar-refractivity contribution in [2.75, 3.05) is 0 Å². The van der Waals surface area contributed by atoms with Gasteiger partial charge in [-0.2, -0.15) is 0 Å². The Morgan fingerprint density at radius 1 is 1.00 bits per heavy atom. The van der Waals surface area contributed by atoms with E-state index in [2.05, 4.69) is 0 Å². The van der Waals surface area contributed by atoms with Crippen LogP contribution in [0.25, 0.3) is 15.3 Å². The fourth-order valence-corrected chi connectivity index (χ4v) is 3.96. The van der Waals surface area contributed by atoms with Crippen LogP contribution in [-0.2, 0) is 0 Å². The zero-order valence-corrected chi connectivity index (χ0v) is 11.1. The molecule has 0 fully saturated rings. The third-order valence-electron chi connectivity index (χ3n) is 2.70. The first-order valence-corrected chi connectivity index (χ1v) is 6.97. The van der Waals surface area contributed by atoms with E-state index in [0.29, 0.717) is 5.69 Å². The monoisotopic (exact) mass is 329 g/mol. The van der Waals surface area contributed by atoms with Crippen LogP contribution in [0.2, 0.25) is 0 Å². The summed E-state index contributed by atoms with van der Waals surface area (Å²) < 4.78 is 41.5. The number of aromatic nitrogens is 1. The molecule has 0 radical (unpaired) electrons. The molecule has 3 rings (SSSR count). The zero-order chi connectivity index (χ0) is 13.6. The van der Waals surface area contributed by atoms with Crippen molar-refractivity contribution in [2.24, 2.45) is 0 Å². The molecular formula is C13H6F3NOSe. The second-order valence-corrected chi connectivity index (χ2v) is 5.96. The van der Waals surface area contributed by atoms with E-state index in [1.165, 1.54) is 3.56 Å². The molecule has 0 aliphatic heterocycles. The van der Waals surface area contributed by atoms with Gasteiger partial charge in [0, 0.05) is 0 Å². The van der Waals surface area contributed by atoms with E-state index in [9.17, 15) is 18.0 Å². The summed E-state index contributed by atoms with van der Waals surface area (Å²) in [4.78, 5) is 12.1. The molecule has 1 heterocycles. The Balaban J connectivity index is 2.40. The van der Waals surface area contributed by atoms with Gasteiger partial charge in [0.2, 0.25) is 0 Å². The second kappa shape index (κ2) is 4.40. The molecule has 0 unspecified atom stereocenters. The van der Waals surface area contributed by atoms with E-state index >= 15 is 0 Å². The van der Waals surface area contributed by atoms with Crippen LogP contribution in [0, 0.1) is 17.5 Å². The first-order chi connectivity index (χ1) is 9.09. The topological polar surface area (TPSA) is 22.0 Å². The number of benzene rings is 2. The van der Waals surface area contributed by atoms with E-state index in [0.717, 1.165) is 6.07 Å². The van der Waals surface area contributed by atoms with Crippen molar-refractivity contribution in [1.29, 1.82) is 0 Å². The SMILES string of the molecule is O=c1c2c(F)c(F)c(F)cc2[se]n1-c1ccccc1. The summed E-state index contributed by atoms with van der Waals surface area (Å²) in [5.41, 5.74) is -0.0403. The maximum absolute atomic E-state index is 13.7. The van der Waals surface area contributed by atoms with Crippen molar-refractivity contribution in [1.82, 2.24) is 3.56 Å². The average molecular weight is 328 g/mol. The average Bonchev–Trinajstić information content (AvgIpc) is 2.74. The first kappa shape index (κ1) is 12.3. The quantitative estimate of drug-likeness (QED) is 0.497. The number of fused-ring (bicyclic) bond motifs is 1. The van der Waals surface area contributed by atoms with E-state index in [4.69, 9.17) is 0 Å². The van der Waals surface area contributed by atoms with Gasteiger partial charge >= 0.3 is 111 Å². The zero-order valence-electron chi connectivity index (χ0n) is 9.36. The van der Waals surface area contributed by atoms with Crippen LogP contribution in [0.15, 0.2) is 41.2 Å². The molecule has 0 amide bonds. The predicted molar refractivity (Wildman–Crippen MR) is 66.4 cm³/mol. The Morgan fingerprint density at radius 2 is 1.68 bits per heavy atom. The van der Waals surface area contributed by atoms with Gasteiger partial charge in [0.1, 0.15) is 0 Å². The van der Waals surface area contributed by atoms with E-state index in [1.54, 1.807) is 30.3 Å². The number of para-hydroxylation sites is 1. The molecule has 0 bridgehead atoms. The van der Waals surface area contributed by atoms with Crippen molar-refractivity contribution >= 4 is 24.4 Å². The molecule has 2 aromatic carbocycles. The molecule has 19 heavy (non-hydrogen) atoms. The summed E-state index contributed by atoms with van der Waals surface area (Å²) >= 11 is -0.594. The first-order valence-electron chi connectivity index (χ1n) is 5.34. The minimum absolute atomic E-state index is 0.220. The van der Waals surface area contributed by atoms with Crippen LogP contribution in [-0.4, -0.2) is 18.3 Å². The Morgan fingerprint density at radius 3 is 2.37 bits per heavy atom. The van der Waals surface area contributed by atoms with E-state index in [1.807, 2.05) is 0 Å². The molecule has 2 nitrogen and oxygen atoms in total. The van der Waals surface area contributed by atoms with Crippen molar-refractivity contribution in [3.63, 3.8) is 0 Å². The van der Waals surface area contributed by atoms with E-state index < -0.39 is 37.7 Å². The van der Waals surface area contributed by atoms with Gasteiger partial charge in [0.05, 0.1) is 0 Å². The van der Waals surface area contributed by atoms with Gasteiger partial charge in [0.25, 0.3) is 0 Å². The van der Waals surface area contributed by atoms with Crippen LogP contribution in [0.3, 0.4) is 0 Å². The van der Waals surface area contributed by atoms with Crippen LogP contribution < -0.4 is 5.56 Å². The predicted octanol–water partition coefficient (Wildman–Crippen LogP) is 2.46. The van der Waals surface area contributed by atoms with E-state index in [-0.39, 0.29) is 9.65 Å². The fourth-order valence-electron chi connectivity index (χ4n) is 1.82. The molecule has 0 spiro atoms. The summed E-state index contributed by atoms with van der Waals surface area (Å²) in [5, 5.41) is -0.359. The molecule has 1 aromatic heterocycles. The summed E-state index contributed by atoms with van der Waals surface area (Å²) in [7, 11) is 0. The minimum atomic E-state index is -1.60. The van der Waals surface area contributed by atoms with Gasteiger partial charge in [-0.25, -0.2) is 0 Å². The van der Waals surface area contributed by atoms with Gasteiger partial charge in [-0.3, -0.25) is 0 Å². The van der Waals surface area contributed by atoms with Crippen molar-refractivity contribution < 1.29 is 13.2 Å². The number of rotatable bonds is 1. The van der Waals surface area contributed by atoms with Gasteiger partial charge in [-0.1, -0.05) is 0 Å². The molecule has 6 heteroatoms. The van der Waals surface area contributed by atoms with Crippen LogP contribution in [0.1, 0.15) is 0 Å². The Labute approximate surface area is 111 Å². The van der Waals surface area contributed by atoms with Gasteiger partial charge in [-0.15, -0.1) is 0 Å². The van der Waals surface area contributed by atoms with Gasteiger partial charge < -0.3 is 0 Å². The number of halogens is 3. The van der Waals surface area contributed by atoms with Gasteiger partial charge in [0.15, 0.2) is 0 Å². The molecule has 3 aromatic rings. The van der Waals surface area contributed by atoms with Crippen LogP contribution >= 0.6 is 0 Å². The normalized spacial score (nSPS) is 11.1. The summed E-state index contributed by atoms with van der Waals surface area (Å²) in [6.07, 6.45) is 0.